The largest absolute Gasteiger partial charge is 0.279 e. The Hall–Kier alpha value is -2.94. The van der Waals surface area contributed by atoms with E-state index in [1.807, 2.05) is 0 Å². The van der Waals surface area contributed by atoms with Gasteiger partial charge in [0, 0.05) is 17.9 Å². The van der Waals surface area contributed by atoms with E-state index >= 15 is 0 Å². The van der Waals surface area contributed by atoms with E-state index in [1.54, 1.807) is 4.90 Å². The Bertz CT molecular complexity index is 1210. The second-order valence-electron chi connectivity index (χ2n) is 9.74. The lowest BCUT2D eigenvalue weighted by molar-refractivity contribution is -0.143. The molecule has 1 heterocycles. The third-order valence-electron chi connectivity index (χ3n) is 8.35. The van der Waals surface area contributed by atoms with E-state index in [0.29, 0.717) is 0 Å². The quantitative estimate of drug-likeness (QED) is 0.296. The van der Waals surface area contributed by atoms with Gasteiger partial charge in [0.05, 0.1) is 11.8 Å². The Morgan fingerprint density at radius 1 is 0.613 bits per heavy atom. The average molecular weight is 408 g/mol. The molecule has 3 nitrogen and oxygen atoms in total. The molecule has 0 aromatic heterocycles. The van der Waals surface area contributed by atoms with Crippen LogP contribution in [0.2, 0.25) is 0 Å². The summed E-state index contributed by atoms with van der Waals surface area (Å²) in [4.78, 5) is 29.1. The fourth-order valence-corrected chi connectivity index (χ4v) is 7.13. The molecule has 2 unspecified atom stereocenters. The van der Waals surface area contributed by atoms with Crippen molar-refractivity contribution >= 4 is 33.4 Å². The van der Waals surface area contributed by atoms with Crippen LogP contribution < -0.4 is 0 Å². The molecule has 154 valence electrons. The standard InChI is InChI=1S/C28H25NO2/c30-27-25-21-14-15-22(26(25)28(31)29(27)16-8-2-1-3-9-16)24-20-13-7-5-11-18(20)17-10-4-6-12-19(17)23(21)24/h4-7,10-16,21-22,25-26H,1-3,8-9H2/t21-,22?,25+,26?/m1/s1. The molecule has 1 aliphatic heterocycles. The van der Waals surface area contributed by atoms with E-state index < -0.39 is 0 Å². The molecule has 1 saturated heterocycles. The third-order valence-corrected chi connectivity index (χ3v) is 8.35. The van der Waals surface area contributed by atoms with Crippen molar-refractivity contribution < 1.29 is 9.59 Å². The Morgan fingerprint density at radius 2 is 1.06 bits per heavy atom. The van der Waals surface area contributed by atoms with Crippen LogP contribution in [0.3, 0.4) is 0 Å². The Labute approximate surface area is 181 Å². The summed E-state index contributed by atoms with van der Waals surface area (Å²) < 4.78 is 0. The van der Waals surface area contributed by atoms with Crippen LogP contribution in [0.25, 0.3) is 21.5 Å². The van der Waals surface area contributed by atoms with Crippen LogP contribution in [0.15, 0.2) is 60.7 Å². The molecule has 0 N–H and O–H groups in total. The predicted octanol–water partition coefficient (Wildman–Crippen LogP) is 5.68. The number of benzene rings is 3. The smallest absolute Gasteiger partial charge is 0.234 e. The van der Waals surface area contributed by atoms with Crippen LogP contribution >= 0.6 is 0 Å². The van der Waals surface area contributed by atoms with E-state index in [9.17, 15) is 9.59 Å². The minimum atomic E-state index is -0.235. The van der Waals surface area contributed by atoms with Gasteiger partial charge in [-0.2, -0.15) is 0 Å². The number of hydrogen-bond acceptors (Lipinski definition) is 2. The van der Waals surface area contributed by atoms with Crippen LogP contribution in [-0.2, 0) is 9.59 Å². The first-order valence-corrected chi connectivity index (χ1v) is 11.7. The molecule has 3 aromatic carbocycles. The van der Waals surface area contributed by atoms with Crippen LogP contribution in [0.5, 0.6) is 0 Å². The van der Waals surface area contributed by atoms with Crippen LogP contribution in [-0.4, -0.2) is 22.8 Å². The molecular weight excluding hydrogens is 382 g/mol. The lowest BCUT2D eigenvalue weighted by atomic mass is 9.59. The topological polar surface area (TPSA) is 37.4 Å². The second-order valence-corrected chi connectivity index (χ2v) is 9.74. The summed E-state index contributed by atoms with van der Waals surface area (Å²) in [7, 11) is 0. The van der Waals surface area contributed by atoms with Gasteiger partial charge in [0.1, 0.15) is 0 Å². The van der Waals surface area contributed by atoms with E-state index in [-0.39, 0.29) is 41.5 Å². The van der Waals surface area contributed by atoms with E-state index in [4.69, 9.17) is 0 Å². The molecule has 0 radical (unpaired) electrons. The van der Waals surface area contributed by atoms with Crippen LogP contribution in [0.1, 0.15) is 55.1 Å². The molecule has 5 aliphatic rings. The summed E-state index contributed by atoms with van der Waals surface area (Å²) in [5.74, 6) is -0.314. The van der Waals surface area contributed by atoms with Crippen molar-refractivity contribution in [2.24, 2.45) is 11.8 Å². The number of rotatable bonds is 1. The molecule has 2 fully saturated rings. The molecule has 31 heavy (non-hydrogen) atoms. The van der Waals surface area contributed by atoms with Gasteiger partial charge >= 0.3 is 0 Å². The number of allylic oxidation sites excluding steroid dienone is 2. The first-order valence-electron chi connectivity index (χ1n) is 11.7. The Balaban J connectivity index is 1.47. The van der Waals surface area contributed by atoms with Gasteiger partial charge in [-0.15, -0.1) is 0 Å². The molecule has 1 saturated carbocycles. The number of fused-ring (bicyclic) bond motifs is 3. The number of carbonyl (C=O) groups excluding carboxylic acids is 2. The highest BCUT2D eigenvalue weighted by Crippen LogP contribution is 2.59. The zero-order chi connectivity index (χ0) is 20.7. The fraction of sp³-hybridized carbons (Fsp3) is 0.357. The molecule has 0 spiro atoms. The molecule has 3 heteroatoms. The predicted molar refractivity (Wildman–Crippen MR) is 122 cm³/mol. The summed E-state index contributed by atoms with van der Waals surface area (Å²) in [6.45, 7) is 0. The van der Waals surface area contributed by atoms with Gasteiger partial charge in [-0.3, -0.25) is 14.5 Å². The van der Waals surface area contributed by atoms with E-state index in [2.05, 4.69) is 60.7 Å². The highest BCUT2D eigenvalue weighted by Gasteiger charge is 2.60. The summed E-state index contributed by atoms with van der Waals surface area (Å²) in [5, 5.41) is 4.97. The number of carbonyl (C=O) groups is 2. The molecule has 2 amide bonds. The van der Waals surface area contributed by atoms with E-state index in [1.165, 1.54) is 39.1 Å². The van der Waals surface area contributed by atoms with Crippen molar-refractivity contribution in [2.45, 2.75) is 50.0 Å². The SMILES string of the molecule is O=C1C2C3C=C[C@H](c4c3c3ccccc3c3ccccc43)[C@@H]2C(=O)N1C1CCCCC1. The maximum atomic E-state index is 13.7. The van der Waals surface area contributed by atoms with Gasteiger partial charge in [-0.05, 0) is 45.5 Å². The van der Waals surface area contributed by atoms with Gasteiger partial charge < -0.3 is 0 Å². The molecular formula is C28H25NO2. The zero-order valence-corrected chi connectivity index (χ0v) is 17.5. The lowest BCUT2D eigenvalue weighted by Gasteiger charge is -2.42. The van der Waals surface area contributed by atoms with Gasteiger partial charge in [-0.25, -0.2) is 0 Å². The van der Waals surface area contributed by atoms with E-state index in [0.717, 1.165) is 25.7 Å². The maximum absolute atomic E-state index is 13.7. The molecule has 4 aliphatic carbocycles. The molecule has 4 atom stereocenters. The molecule has 3 aromatic rings. The van der Waals surface area contributed by atoms with Gasteiger partial charge in [-0.1, -0.05) is 79.9 Å². The fourth-order valence-electron chi connectivity index (χ4n) is 7.13. The van der Waals surface area contributed by atoms with Crippen LogP contribution in [0, 0.1) is 11.8 Å². The number of amides is 2. The van der Waals surface area contributed by atoms with Crippen molar-refractivity contribution in [1.82, 2.24) is 4.90 Å². The molecule has 8 rings (SSSR count). The third kappa shape index (κ3) is 2.19. The number of hydrogen-bond donors (Lipinski definition) is 0. The average Bonchev–Trinajstić information content (AvgIpc) is 3.11. The normalized spacial score (nSPS) is 29.7. The summed E-state index contributed by atoms with van der Waals surface area (Å²) >= 11 is 0. The highest BCUT2D eigenvalue weighted by atomic mass is 16.2. The minimum Gasteiger partial charge on any atom is -0.279 e. The number of nitrogens with zero attached hydrogens (tertiary/aromatic N) is 1. The van der Waals surface area contributed by atoms with Crippen molar-refractivity contribution in [3.05, 3.63) is 71.8 Å². The van der Waals surface area contributed by atoms with Gasteiger partial charge in [0.15, 0.2) is 0 Å². The Kier molecular flexibility index (Phi) is 3.59. The number of likely N-dealkylation sites (tertiary alicyclic amines) is 1. The highest BCUT2D eigenvalue weighted by molar-refractivity contribution is 6.14. The summed E-state index contributed by atoms with van der Waals surface area (Å²) in [5.41, 5.74) is 2.57. The van der Waals surface area contributed by atoms with Gasteiger partial charge in [0.25, 0.3) is 0 Å². The minimum absolute atomic E-state index is 0.00968. The van der Waals surface area contributed by atoms with Crippen molar-refractivity contribution in [1.29, 1.82) is 0 Å². The zero-order valence-electron chi connectivity index (χ0n) is 17.5. The summed E-state index contributed by atoms with van der Waals surface area (Å²) in [6, 6.07) is 17.3. The maximum Gasteiger partial charge on any atom is 0.234 e. The Morgan fingerprint density at radius 3 is 1.55 bits per heavy atom. The second kappa shape index (κ2) is 6.29. The lowest BCUT2D eigenvalue weighted by Crippen LogP contribution is -2.42. The summed E-state index contributed by atoms with van der Waals surface area (Å²) in [6.07, 6.45) is 9.86. The van der Waals surface area contributed by atoms with Crippen molar-refractivity contribution in [3.63, 3.8) is 0 Å². The van der Waals surface area contributed by atoms with Crippen molar-refractivity contribution in [2.75, 3.05) is 0 Å². The monoisotopic (exact) mass is 407 g/mol. The number of imide groups is 1. The first-order chi connectivity index (χ1) is 15.3. The van der Waals surface area contributed by atoms with Crippen LogP contribution in [0.4, 0.5) is 0 Å². The molecule has 2 bridgehead atoms. The van der Waals surface area contributed by atoms with Crippen molar-refractivity contribution in [3.8, 4) is 0 Å². The van der Waals surface area contributed by atoms with Gasteiger partial charge in [0.2, 0.25) is 11.8 Å². The first kappa shape index (κ1) is 17.7.